The van der Waals surface area contributed by atoms with E-state index in [1.165, 1.54) is 0 Å². The van der Waals surface area contributed by atoms with E-state index in [0.717, 1.165) is 11.4 Å². The number of aromatic nitrogens is 4. The molecule has 3 rings (SSSR count). The van der Waals surface area contributed by atoms with Gasteiger partial charge in [-0.1, -0.05) is 0 Å². The van der Waals surface area contributed by atoms with Gasteiger partial charge in [0.1, 0.15) is 0 Å². The molecule has 0 fully saturated rings. The summed E-state index contributed by atoms with van der Waals surface area (Å²) in [5, 5.41) is 14.5. The van der Waals surface area contributed by atoms with Crippen LogP contribution in [0.15, 0.2) is 36.7 Å². The number of benzene rings is 1. The number of nitrogens with zero attached hydrogens (tertiary/aromatic N) is 5. The van der Waals surface area contributed by atoms with Crippen molar-refractivity contribution in [2.45, 2.75) is 0 Å². The van der Waals surface area contributed by atoms with E-state index < -0.39 is 0 Å². The Labute approximate surface area is 122 Å². The van der Waals surface area contributed by atoms with Crippen LogP contribution in [0, 0.1) is 0 Å². The number of rotatable bonds is 4. The van der Waals surface area contributed by atoms with Gasteiger partial charge in [-0.25, -0.2) is 4.98 Å². The van der Waals surface area contributed by atoms with E-state index in [1.807, 2.05) is 56.0 Å². The molecule has 0 unspecified atom stereocenters. The summed E-state index contributed by atoms with van der Waals surface area (Å²) in [7, 11) is 5.84. The van der Waals surface area contributed by atoms with Crippen LogP contribution in [0.1, 0.15) is 0 Å². The summed E-state index contributed by atoms with van der Waals surface area (Å²) < 4.78 is 1.85. The summed E-state index contributed by atoms with van der Waals surface area (Å²) in [4.78, 5) is 6.39. The normalized spacial score (nSPS) is 10.6. The Hall–Kier alpha value is -2.83. The van der Waals surface area contributed by atoms with Gasteiger partial charge in [-0.15, -0.1) is 10.2 Å². The molecule has 1 aromatic carbocycles. The molecule has 0 saturated heterocycles. The van der Waals surface area contributed by atoms with Crippen LogP contribution in [-0.2, 0) is 0 Å². The van der Waals surface area contributed by atoms with E-state index in [9.17, 15) is 0 Å². The number of nitrogens with one attached hydrogen (secondary N) is 2. The standard InChI is InChI=1S/C14H17N7/c1-15-14-19-18-13-12(16-8-9-21(13)14)17-10-4-6-11(7-5-10)20(2)3/h4-9H,1-3H3,(H,15,19)(H,16,17). The third-order valence-electron chi connectivity index (χ3n) is 3.20. The van der Waals surface area contributed by atoms with Gasteiger partial charge >= 0.3 is 0 Å². The fourth-order valence-corrected chi connectivity index (χ4v) is 2.06. The number of hydrogen-bond donors (Lipinski definition) is 2. The molecule has 0 aliphatic carbocycles. The lowest BCUT2D eigenvalue weighted by Gasteiger charge is -2.13. The van der Waals surface area contributed by atoms with E-state index in [0.29, 0.717) is 17.4 Å². The molecule has 0 saturated carbocycles. The highest BCUT2D eigenvalue weighted by atomic mass is 15.3. The molecule has 0 spiro atoms. The van der Waals surface area contributed by atoms with E-state index in [4.69, 9.17) is 0 Å². The van der Waals surface area contributed by atoms with Gasteiger partial charge in [-0.05, 0) is 24.3 Å². The van der Waals surface area contributed by atoms with Crippen LogP contribution in [0.3, 0.4) is 0 Å². The Bertz CT molecular complexity index is 746. The highest BCUT2D eigenvalue weighted by Crippen LogP contribution is 2.22. The molecular weight excluding hydrogens is 266 g/mol. The third-order valence-corrected chi connectivity index (χ3v) is 3.20. The average molecular weight is 283 g/mol. The van der Waals surface area contributed by atoms with E-state index in [2.05, 4.69) is 30.7 Å². The van der Waals surface area contributed by atoms with Crippen molar-refractivity contribution in [3.63, 3.8) is 0 Å². The zero-order valence-electron chi connectivity index (χ0n) is 12.2. The van der Waals surface area contributed by atoms with Gasteiger partial charge in [-0.3, -0.25) is 4.40 Å². The molecule has 21 heavy (non-hydrogen) atoms. The summed E-state index contributed by atoms with van der Waals surface area (Å²) in [6.45, 7) is 0. The Morgan fingerprint density at radius 2 is 1.86 bits per heavy atom. The Kier molecular flexibility index (Phi) is 3.31. The number of hydrogen-bond acceptors (Lipinski definition) is 6. The monoisotopic (exact) mass is 283 g/mol. The highest BCUT2D eigenvalue weighted by molar-refractivity contribution is 5.71. The summed E-state index contributed by atoms with van der Waals surface area (Å²) in [5.41, 5.74) is 2.78. The fraction of sp³-hybridized carbons (Fsp3) is 0.214. The fourth-order valence-electron chi connectivity index (χ4n) is 2.06. The molecule has 0 atom stereocenters. The van der Waals surface area contributed by atoms with Crippen molar-refractivity contribution < 1.29 is 0 Å². The SMILES string of the molecule is CNc1nnc2c(Nc3ccc(N(C)C)cc3)nccn12. The minimum Gasteiger partial charge on any atom is -0.378 e. The molecule has 0 amide bonds. The third kappa shape index (κ3) is 2.45. The van der Waals surface area contributed by atoms with E-state index in [-0.39, 0.29) is 0 Å². The van der Waals surface area contributed by atoms with E-state index in [1.54, 1.807) is 6.20 Å². The molecule has 0 aliphatic heterocycles. The molecule has 7 heteroatoms. The van der Waals surface area contributed by atoms with Crippen LogP contribution < -0.4 is 15.5 Å². The topological polar surface area (TPSA) is 70.4 Å². The van der Waals surface area contributed by atoms with Gasteiger partial charge < -0.3 is 15.5 Å². The van der Waals surface area contributed by atoms with Crippen molar-refractivity contribution in [3.8, 4) is 0 Å². The quantitative estimate of drug-likeness (QED) is 0.763. The first-order valence-corrected chi connectivity index (χ1v) is 6.61. The zero-order valence-corrected chi connectivity index (χ0v) is 12.2. The van der Waals surface area contributed by atoms with Crippen LogP contribution in [0.25, 0.3) is 5.65 Å². The first-order valence-electron chi connectivity index (χ1n) is 6.61. The van der Waals surface area contributed by atoms with Crippen LogP contribution in [-0.4, -0.2) is 40.7 Å². The maximum Gasteiger partial charge on any atom is 0.228 e. The van der Waals surface area contributed by atoms with Crippen molar-refractivity contribution in [3.05, 3.63) is 36.7 Å². The number of fused-ring (bicyclic) bond motifs is 1. The maximum absolute atomic E-state index is 4.33. The summed E-state index contributed by atoms with van der Waals surface area (Å²) >= 11 is 0. The van der Waals surface area contributed by atoms with Crippen LogP contribution in [0.4, 0.5) is 23.1 Å². The summed E-state index contributed by atoms with van der Waals surface area (Å²) in [6, 6.07) is 8.11. The predicted octanol–water partition coefficient (Wildman–Crippen LogP) is 1.98. The zero-order chi connectivity index (χ0) is 14.8. The second kappa shape index (κ2) is 5.28. The minimum atomic E-state index is 0.670. The highest BCUT2D eigenvalue weighted by Gasteiger charge is 2.09. The van der Waals surface area contributed by atoms with Gasteiger partial charge in [0.25, 0.3) is 0 Å². The van der Waals surface area contributed by atoms with E-state index >= 15 is 0 Å². The molecule has 2 heterocycles. The van der Waals surface area contributed by atoms with Crippen molar-refractivity contribution in [2.24, 2.45) is 0 Å². The molecule has 0 radical (unpaired) electrons. The summed E-state index contributed by atoms with van der Waals surface area (Å²) in [5.74, 6) is 1.35. The van der Waals surface area contributed by atoms with Crippen LogP contribution in [0.5, 0.6) is 0 Å². The molecule has 108 valence electrons. The van der Waals surface area contributed by atoms with Crippen molar-refractivity contribution in [2.75, 3.05) is 36.7 Å². The van der Waals surface area contributed by atoms with Crippen molar-refractivity contribution >= 4 is 28.8 Å². The smallest absolute Gasteiger partial charge is 0.228 e. The summed E-state index contributed by atoms with van der Waals surface area (Å²) in [6.07, 6.45) is 3.54. The average Bonchev–Trinajstić information content (AvgIpc) is 2.92. The second-order valence-electron chi connectivity index (χ2n) is 4.81. The largest absolute Gasteiger partial charge is 0.378 e. The van der Waals surface area contributed by atoms with Gasteiger partial charge in [0.2, 0.25) is 11.6 Å². The Balaban J connectivity index is 1.92. The van der Waals surface area contributed by atoms with Gasteiger partial charge in [0.05, 0.1) is 0 Å². The molecule has 3 aromatic rings. The Morgan fingerprint density at radius 3 is 2.52 bits per heavy atom. The molecular formula is C14H17N7. The molecule has 2 aromatic heterocycles. The Morgan fingerprint density at radius 1 is 1.10 bits per heavy atom. The van der Waals surface area contributed by atoms with Crippen LogP contribution in [0.2, 0.25) is 0 Å². The number of anilines is 4. The molecule has 0 aliphatic rings. The van der Waals surface area contributed by atoms with Gasteiger partial charge in [0.15, 0.2) is 5.82 Å². The molecule has 2 N–H and O–H groups in total. The minimum absolute atomic E-state index is 0.670. The van der Waals surface area contributed by atoms with Gasteiger partial charge in [-0.2, -0.15) is 0 Å². The lowest BCUT2D eigenvalue weighted by Crippen LogP contribution is -2.08. The predicted molar refractivity (Wildman–Crippen MR) is 84.4 cm³/mol. The molecule has 0 bridgehead atoms. The van der Waals surface area contributed by atoms with Crippen molar-refractivity contribution in [1.82, 2.24) is 19.6 Å². The lowest BCUT2D eigenvalue weighted by molar-refractivity contribution is 1.09. The van der Waals surface area contributed by atoms with Crippen LogP contribution >= 0.6 is 0 Å². The van der Waals surface area contributed by atoms with Gasteiger partial charge in [0, 0.05) is 44.9 Å². The van der Waals surface area contributed by atoms with Crippen molar-refractivity contribution in [1.29, 1.82) is 0 Å². The lowest BCUT2D eigenvalue weighted by atomic mass is 10.2. The first-order chi connectivity index (χ1) is 10.2. The molecule has 7 nitrogen and oxygen atoms in total. The second-order valence-corrected chi connectivity index (χ2v) is 4.81. The first kappa shape index (κ1) is 13.2. The maximum atomic E-state index is 4.33.